The van der Waals surface area contributed by atoms with E-state index in [1.165, 1.54) is 6.07 Å². The largest absolute Gasteiger partial charge is 0.444 e. The molecule has 1 N–H and O–H groups in total. The van der Waals surface area contributed by atoms with Gasteiger partial charge < -0.3 is 14.6 Å². The molecule has 1 aliphatic rings. The molecule has 0 unspecified atom stereocenters. The van der Waals surface area contributed by atoms with Crippen molar-refractivity contribution in [3.05, 3.63) is 41.9 Å². The van der Waals surface area contributed by atoms with Crippen LogP contribution in [0.25, 0.3) is 0 Å². The molecule has 0 bridgehead atoms. The fourth-order valence-corrected chi connectivity index (χ4v) is 2.51. The maximum absolute atomic E-state index is 13.9. The van der Waals surface area contributed by atoms with Crippen molar-refractivity contribution in [2.75, 3.05) is 16.8 Å². The molecule has 0 spiro atoms. The van der Waals surface area contributed by atoms with Crippen molar-refractivity contribution in [1.82, 2.24) is 4.98 Å². The van der Waals surface area contributed by atoms with Gasteiger partial charge in [0.05, 0.1) is 18.4 Å². The van der Waals surface area contributed by atoms with Crippen molar-refractivity contribution in [2.45, 2.75) is 32.7 Å². The Kier molecular flexibility index (Phi) is 4.09. The maximum atomic E-state index is 13.9. The number of halogens is 1. The van der Waals surface area contributed by atoms with Crippen molar-refractivity contribution in [3.63, 3.8) is 0 Å². The summed E-state index contributed by atoms with van der Waals surface area (Å²) in [5, 5.41) is 3.00. The minimum atomic E-state index is -0.356. The summed E-state index contributed by atoms with van der Waals surface area (Å²) in [5.41, 5.74) is 1.07. The van der Waals surface area contributed by atoms with E-state index < -0.39 is 0 Å². The smallest absolute Gasteiger partial charge is 0.227 e. The highest BCUT2D eigenvalue weighted by Crippen LogP contribution is 2.26. The molecule has 0 atom stereocenters. The second-order valence-electron chi connectivity index (χ2n) is 5.24. The number of rotatable bonds is 5. The highest BCUT2D eigenvalue weighted by molar-refractivity contribution is 5.95. The van der Waals surface area contributed by atoms with E-state index in [1.807, 2.05) is 6.92 Å². The minimum Gasteiger partial charge on any atom is -0.444 e. The molecule has 1 saturated heterocycles. The molecule has 0 saturated carbocycles. The molecular weight excluding hydrogens is 285 g/mol. The first-order chi connectivity index (χ1) is 10.7. The van der Waals surface area contributed by atoms with Gasteiger partial charge in [0.25, 0.3) is 0 Å². The van der Waals surface area contributed by atoms with Gasteiger partial charge in [0.2, 0.25) is 5.91 Å². The lowest BCUT2D eigenvalue weighted by molar-refractivity contribution is -0.117. The molecule has 1 aromatic carbocycles. The molecule has 1 aromatic heterocycles. The number of oxazole rings is 1. The average Bonchev–Trinajstić information content (AvgIpc) is 3.15. The number of aryl methyl sites for hydroxylation is 1. The van der Waals surface area contributed by atoms with Crippen LogP contribution in [0.1, 0.15) is 31.4 Å². The molecule has 2 aromatic rings. The van der Waals surface area contributed by atoms with Gasteiger partial charge in [-0.15, -0.1) is 0 Å². The summed E-state index contributed by atoms with van der Waals surface area (Å²) >= 11 is 0. The Morgan fingerprint density at radius 2 is 2.32 bits per heavy atom. The van der Waals surface area contributed by atoms with Crippen molar-refractivity contribution in [1.29, 1.82) is 0 Å². The lowest BCUT2D eigenvalue weighted by atomic mass is 10.2. The van der Waals surface area contributed by atoms with Gasteiger partial charge in [0, 0.05) is 25.1 Å². The van der Waals surface area contributed by atoms with Crippen molar-refractivity contribution >= 4 is 17.3 Å². The normalized spacial score (nSPS) is 14.6. The Bertz CT molecular complexity index is 684. The second-order valence-corrected chi connectivity index (χ2v) is 5.24. The van der Waals surface area contributed by atoms with E-state index in [2.05, 4.69) is 10.3 Å². The summed E-state index contributed by atoms with van der Waals surface area (Å²) in [6.07, 6.45) is 3.76. The van der Waals surface area contributed by atoms with E-state index in [4.69, 9.17) is 4.42 Å². The lowest BCUT2D eigenvalue weighted by Gasteiger charge is -2.17. The van der Waals surface area contributed by atoms with Crippen molar-refractivity contribution in [3.8, 4) is 0 Å². The molecule has 3 rings (SSSR count). The highest BCUT2D eigenvalue weighted by atomic mass is 19.1. The number of anilines is 2. The second kappa shape index (κ2) is 6.17. The van der Waals surface area contributed by atoms with Gasteiger partial charge in [0.1, 0.15) is 11.6 Å². The van der Waals surface area contributed by atoms with Crippen LogP contribution in [0.5, 0.6) is 0 Å². The van der Waals surface area contributed by atoms with Gasteiger partial charge in [-0.2, -0.15) is 0 Å². The summed E-state index contributed by atoms with van der Waals surface area (Å²) in [7, 11) is 0. The summed E-state index contributed by atoms with van der Waals surface area (Å²) in [5.74, 6) is 1.04. The number of nitrogens with zero attached hydrogens (tertiary/aromatic N) is 2. The van der Waals surface area contributed by atoms with Crippen molar-refractivity contribution < 1.29 is 13.6 Å². The third-order valence-electron chi connectivity index (χ3n) is 3.69. The first-order valence-electron chi connectivity index (χ1n) is 7.44. The molecule has 1 amide bonds. The lowest BCUT2D eigenvalue weighted by Crippen LogP contribution is -2.23. The zero-order chi connectivity index (χ0) is 15.5. The predicted molar refractivity (Wildman–Crippen MR) is 81.2 cm³/mol. The van der Waals surface area contributed by atoms with Gasteiger partial charge in [-0.3, -0.25) is 4.79 Å². The standard InChI is InChI=1S/C16H18FN3O2/c1-2-15-19-10-12(22-15)9-18-14-8-11(5-6-13(14)17)20-7-3-4-16(20)21/h5-6,8,10,18H,2-4,7,9H2,1H3. The molecule has 5 nitrogen and oxygen atoms in total. The number of hydrogen-bond donors (Lipinski definition) is 1. The highest BCUT2D eigenvalue weighted by Gasteiger charge is 2.22. The molecule has 1 fully saturated rings. The number of hydrogen-bond acceptors (Lipinski definition) is 4. The molecular formula is C16H18FN3O2. The molecule has 116 valence electrons. The van der Waals surface area contributed by atoms with Gasteiger partial charge in [0.15, 0.2) is 5.89 Å². The predicted octanol–water partition coefficient (Wildman–Crippen LogP) is 3.12. The van der Waals surface area contributed by atoms with Crippen LogP contribution in [0.15, 0.2) is 28.8 Å². The van der Waals surface area contributed by atoms with Crippen LogP contribution in [0.4, 0.5) is 15.8 Å². The van der Waals surface area contributed by atoms with Gasteiger partial charge in [-0.25, -0.2) is 9.37 Å². The van der Waals surface area contributed by atoms with Crippen LogP contribution in [-0.4, -0.2) is 17.4 Å². The SMILES string of the molecule is CCc1ncc(CNc2cc(N3CCCC3=O)ccc2F)o1. The number of amides is 1. The number of carbonyl (C=O) groups excluding carboxylic acids is 1. The van der Waals surface area contributed by atoms with Crippen molar-refractivity contribution in [2.24, 2.45) is 0 Å². The monoisotopic (exact) mass is 303 g/mol. The Balaban J connectivity index is 1.73. The van der Waals surface area contributed by atoms with Crippen LogP contribution in [0.3, 0.4) is 0 Å². The molecule has 22 heavy (non-hydrogen) atoms. The first-order valence-corrected chi connectivity index (χ1v) is 7.44. The van der Waals surface area contributed by atoms with Gasteiger partial charge in [-0.05, 0) is 24.6 Å². The number of carbonyl (C=O) groups is 1. The number of aromatic nitrogens is 1. The summed E-state index contributed by atoms with van der Waals surface area (Å²) in [4.78, 5) is 17.6. The van der Waals surface area contributed by atoms with E-state index in [9.17, 15) is 9.18 Å². The number of nitrogens with one attached hydrogen (secondary N) is 1. The summed E-state index contributed by atoms with van der Waals surface area (Å²) in [6.45, 7) is 2.99. The van der Waals surface area contributed by atoms with Crippen LogP contribution in [0, 0.1) is 5.82 Å². The van der Waals surface area contributed by atoms with Crippen LogP contribution < -0.4 is 10.2 Å². The Labute approximate surface area is 128 Å². The summed E-state index contributed by atoms with van der Waals surface area (Å²) < 4.78 is 19.4. The summed E-state index contributed by atoms with van der Waals surface area (Å²) in [6, 6.07) is 4.67. The minimum absolute atomic E-state index is 0.0837. The van der Waals surface area contributed by atoms with Crippen LogP contribution in [0.2, 0.25) is 0 Å². The van der Waals surface area contributed by atoms with Gasteiger partial charge in [-0.1, -0.05) is 6.92 Å². The molecule has 0 radical (unpaired) electrons. The molecule has 2 heterocycles. The zero-order valence-corrected chi connectivity index (χ0v) is 12.4. The van der Waals surface area contributed by atoms with Crippen LogP contribution >= 0.6 is 0 Å². The van der Waals surface area contributed by atoms with Gasteiger partial charge >= 0.3 is 0 Å². The Hall–Kier alpha value is -2.37. The van der Waals surface area contributed by atoms with E-state index in [0.717, 1.165) is 18.5 Å². The topological polar surface area (TPSA) is 58.4 Å². The molecule has 1 aliphatic heterocycles. The van der Waals surface area contributed by atoms with E-state index in [-0.39, 0.29) is 11.7 Å². The van der Waals surface area contributed by atoms with E-state index >= 15 is 0 Å². The van der Waals surface area contributed by atoms with Crippen LogP contribution in [-0.2, 0) is 17.8 Å². The quantitative estimate of drug-likeness (QED) is 0.922. The fourth-order valence-electron chi connectivity index (χ4n) is 2.51. The molecule has 0 aliphatic carbocycles. The third kappa shape index (κ3) is 2.95. The number of benzene rings is 1. The Morgan fingerprint density at radius 1 is 1.45 bits per heavy atom. The Morgan fingerprint density at radius 3 is 3.00 bits per heavy atom. The molecule has 6 heteroatoms. The zero-order valence-electron chi connectivity index (χ0n) is 12.4. The fraction of sp³-hybridized carbons (Fsp3) is 0.375. The average molecular weight is 303 g/mol. The first kappa shape index (κ1) is 14.6. The third-order valence-corrected chi connectivity index (χ3v) is 3.69. The van der Waals surface area contributed by atoms with E-state index in [0.29, 0.717) is 36.8 Å². The van der Waals surface area contributed by atoms with E-state index in [1.54, 1.807) is 23.2 Å². The maximum Gasteiger partial charge on any atom is 0.227 e.